The van der Waals surface area contributed by atoms with E-state index in [1.165, 1.54) is 36.4 Å². The van der Waals surface area contributed by atoms with Crippen LogP contribution in [0.15, 0.2) is 59.8 Å². The van der Waals surface area contributed by atoms with Crippen molar-refractivity contribution in [2.75, 3.05) is 10.2 Å². The van der Waals surface area contributed by atoms with Crippen LogP contribution in [-0.2, 0) is 9.59 Å². The number of nitro groups is 1. The average molecular weight is 459 g/mol. The number of rotatable bonds is 2. The molecule has 1 atom stereocenters. The number of nitro benzene ring substituents is 1. The summed E-state index contributed by atoms with van der Waals surface area (Å²) in [5.74, 6) is -2.59. The number of Topliss-reactive ketones (excluding diaryl/α,β-unsaturated/α-hetero) is 1. The first-order valence-electron chi connectivity index (χ1n) is 10.2. The number of carbonyl (C=O) groups is 2. The minimum atomic E-state index is -5.24. The quantitative estimate of drug-likeness (QED) is 0.486. The van der Waals surface area contributed by atoms with Crippen molar-refractivity contribution in [1.82, 2.24) is 0 Å². The van der Waals surface area contributed by atoms with Gasteiger partial charge < -0.3 is 5.32 Å². The molecule has 0 fully saturated rings. The predicted molar refractivity (Wildman–Crippen MR) is 114 cm³/mol. The number of hydrogen-bond acceptors (Lipinski definition) is 5. The van der Waals surface area contributed by atoms with E-state index in [-0.39, 0.29) is 34.6 Å². The van der Waals surface area contributed by atoms with Crippen LogP contribution in [0.3, 0.4) is 0 Å². The van der Waals surface area contributed by atoms with Gasteiger partial charge in [-0.25, -0.2) is 0 Å². The Morgan fingerprint density at radius 2 is 1.85 bits per heavy atom. The van der Waals surface area contributed by atoms with Crippen LogP contribution in [0.2, 0.25) is 0 Å². The smallest absolute Gasteiger partial charge is 0.357 e. The fourth-order valence-corrected chi connectivity index (χ4v) is 4.47. The van der Waals surface area contributed by atoms with E-state index in [1.807, 2.05) is 13.8 Å². The van der Waals surface area contributed by atoms with Crippen molar-refractivity contribution < 1.29 is 27.7 Å². The topological polar surface area (TPSA) is 92.6 Å². The molecule has 10 heteroatoms. The molecule has 0 bridgehead atoms. The Morgan fingerprint density at radius 3 is 2.52 bits per heavy atom. The average Bonchev–Trinajstić information content (AvgIpc) is 2.85. The van der Waals surface area contributed by atoms with E-state index in [1.54, 1.807) is 6.07 Å². The van der Waals surface area contributed by atoms with Gasteiger partial charge in [0.2, 0.25) is 0 Å². The lowest BCUT2D eigenvalue weighted by Crippen LogP contribution is -2.45. The SMILES string of the molecule is CC1(C)CC(=O)C2=C(C1)Nc1ccccc1N(C(=O)C(F)(F)F)[C@@H]2c1cccc([N+](=O)[O-])c1. The van der Waals surface area contributed by atoms with Gasteiger partial charge in [0.15, 0.2) is 5.78 Å². The highest BCUT2D eigenvalue weighted by Gasteiger charge is 2.50. The van der Waals surface area contributed by atoms with Crippen LogP contribution >= 0.6 is 0 Å². The molecule has 1 heterocycles. The number of nitrogens with one attached hydrogen (secondary N) is 1. The highest BCUT2D eigenvalue weighted by molar-refractivity contribution is 6.07. The molecule has 0 saturated carbocycles. The third-order valence-corrected chi connectivity index (χ3v) is 5.76. The van der Waals surface area contributed by atoms with Crippen LogP contribution in [0.25, 0.3) is 0 Å². The molecule has 0 spiro atoms. The van der Waals surface area contributed by atoms with Crippen LogP contribution < -0.4 is 10.2 Å². The summed E-state index contributed by atoms with van der Waals surface area (Å²) in [5.41, 5.74) is -0.212. The zero-order valence-electron chi connectivity index (χ0n) is 17.8. The van der Waals surface area contributed by atoms with Crippen molar-refractivity contribution in [3.05, 3.63) is 75.5 Å². The lowest BCUT2D eigenvalue weighted by Gasteiger charge is -2.37. The Morgan fingerprint density at radius 1 is 1.15 bits per heavy atom. The fraction of sp³-hybridized carbons (Fsp3) is 0.304. The largest absolute Gasteiger partial charge is 0.471 e. The van der Waals surface area contributed by atoms with Crippen molar-refractivity contribution in [3.63, 3.8) is 0 Å². The number of alkyl halides is 3. The maximum absolute atomic E-state index is 13.8. The second-order valence-electron chi connectivity index (χ2n) is 8.90. The second kappa shape index (κ2) is 7.72. The van der Waals surface area contributed by atoms with E-state index < -0.39 is 34.2 Å². The normalized spacial score (nSPS) is 19.8. The first-order valence-corrected chi connectivity index (χ1v) is 10.2. The molecule has 0 aromatic heterocycles. The molecule has 1 amide bonds. The van der Waals surface area contributed by atoms with Gasteiger partial charge in [-0.15, -0.1) is 0 Å². The zero-order chi connectivity index (χ0) is 24.1. The Kier molecular flexibility index (Phi) is 5.26. The van der Waals surface area contributed by atoms with E-state index in [0.29, 0.717) is 17.0 Å². The number of anilines is 2. The van der Waals surface area contributed by atoms with Crippen LogP contribution in [0.4, 0.5) is 30.2 Å². The van der Waals surface area contributed by atoms with Gasteiger partial charge in [-0.2, -0.15) is 13.2 Å². The van der Waals surface area contributed by atoms with E-state index >= 15 is 0 Å². The summed E-state index contributed by atoms with van der Waals surface area (Å²) < 4.78 is 41.3. The molecular formula is C23H20F3N3O4. The summed E-state index contributed by atoms with van der Waals surface area (Å²) in [6.45, 7) is 3.74. The van der Waals surface area contributed by atoms with Gasteiger partial charge in [-0.1, -0.05) is 38.1 Å². The number of amides is 1. The van der Waals surface area contributed by atoms with Gasteiger partial charge in [-0.3, -0.25) is 24.6 Å². The zero-order valence-corrected chi connectivity index (χ0v) is 17.8. The van der Waals surface area contributed by atoms with Crippen LogP contribution in [0.5, 0.6) is 0 Å². The van der Waals surface area contributed by atoms with Gasteiger partial charge >= 0.3 is 12.1 Å². The third kappa shape index (κ3) is 4.08. The molecule has 0 unspecified atom stereocenters. The Balaban J connectivity index is 2.05. The molecule has 33 heavy (non-hydrogen) atoms. The van der Waals surface area contributed by atoms with Crippen molar-refractivity contribution >= 4 is 28.8 Å². The summed E-state index contributed by atoms with van der Waals surface area (Å²) in [7, 11) is 0. The number of ketones is 1. The lowest BCUT2D eigenvalue weighted by molar-refractivity contribution is -0.384. The molecule has 2 aromatic rings. The van der Waals surface area contributed by atoms with E-state index in [9.17, 15) is 32.9 Å². The maximum atomic E-state index is 13.8. The molecule has 0 saturated heterocycles. The minimum Gasteiger partial charge on any atom is -0.357 e. The first kappa shape index (κ1) is 22.5. The van der Waals surface area contributed by atoms with E-state index in [4.69, 9.17) is 0 Å². The Labute approximate surface area is 187 Å². The number of allylic oxidation sites excluding steroid dienone is 1. The highest BCUT2D eigenvalue weighted by Crippen LogP contribution is 2.49. The number of fused-ring (bicyclic) bond motifs is 1. The highest BCUT2D eigenvalue weighted by atomic mass is 19.4. The summed E-state index contributed by atoms with van der Waals surface area (Å²) in [4.78, 5) is 37.3. The standard InChI is InChI=1S/C23H20F3N3O4/c1-22(2)11-16-19(18(30)12-22)20(13-6-5-7-14(10-13)29(32)33)28(21(31)23(24,25)26)17-9-4-3-8-15(17)27-16/h3-10,20,27H,11-12H2,1-2H3/t20-/m1/s1. The number of carbonyl (C=O) groups excluding carboxylic acids is 2. The van der Waals surface area contributed by atoms with Crippen molar-refractivity contribution in [3.8, 4) is 0 Å². The summed E-state index contributed by atoms with van der Waals surface area (Å²) >= 11 is 0. The monoisotopic (exact) mass is 459 g/mol. The second-order valence-corrected chi connectivity index (χ2v) is 8.90. The lowest BCUT2D eigenvalue weighted by atomic mass is 9.73. The van der Waals surface area contributed by atoms with Gasteiger partial charge in [0, 0.05) is 29.8 Å². The number of hydrogen-bond donors (Lipinski definition) is 1. The minimum absolute atomic E-state index is 0.00335. The van der Waals surface area contributed by atoms with Gasteiger partial charge in [0.05, 0.1) is 22.3 Å². The first-order chi connectivity index (χ1) is 15.4. The molecule has 1 aliphatic carbocycles. The number of non-ortho nitro benzene ring substituents is 1. The van der Waals surface area contributed by atoms with Crippen molar-refractivity contribution in [2.45, 2.75) is 38.9 Å². The number of para-hydroxylation sites is 2. The number of benzene rings is 2. The Hall–Kier alpha value is -3.69. The molecule has 2 aromatic carbocycles. The predicted octanol–water partition coefficient (Wildman–Crippen LogP) is 5.30. The van der Waals surface area contributed by atoms with Gasteiger partial charge in [-0.05, 0) is 29.5 Å². The van der Waals surface area contributed by atoms with Gasteiger partial charge in [0.1, 0.15) is 0 Å². The molecule has 4 rings (SSSR count). The summed E-state index contributed by atoms with van der Waals surface area (Å²) in [6, 6.07) is 9.49. The molecule has 2 aliphatic rings. The summed E-state index contributed by atoms with van der Waals surface area (Å²) in [5, 5.41) is 14.4. The van der Waals surface area contributed by atoms with Crippen molar-refractivity contribution in [2.24, 2.45) is 5.41 Å². The maximum Gasteiger partial charge on any atom is 0.471 e. The van der Waals surface area contributed by atoms with Crippen LogP contribution in [0, 0.1) is 15.5 Å². The van der Waals surface area contributed by atoms with Crippen molar-refractivity contribution in [1.29, 1.82) is 0 Å². The van der Waals surface area contributed by atoms with E-state index in [2.05, 4.69) is 5.32 Å². The van der Waals surface area contributed by atoms with Gasteiger partial charge in [0.25, 0.3) is 5.69 Å². The molecule has 1 N–H and O–H groups in total. The molecule has 0 radical (unpaired) electrons. The van der Waals surface area contributed by atoms with Crippen LogP contribution in [-0.4, -0.2) is 22.8 Å². The fourth-order valence-electron chi connectivity index (χ4n) is 4.47. The molecular weight excluding hydrogens is 439 g/mol. The third-order valence-electron chi connectivity index (χ3n) is 5.76. The molecule has 1 aliphatic heterocycles. The number of halogens is 3. The van der Waals surface area contributed by atoms with E-state index in [0.717, 1.165) is 6.07 Å². The molecule has 172 valence electrons. The number of nitrogens with zero attached hydrogens (tertiary/aromatic N) is 2. The van der Waals surface area contributed by atoms with Crippen LogP contribution in [0.1, 0.15) is 38.3 Å². The summed E-state index contributed by atoms with van der Waals surface area (Å²) in [6.07, 6.45) is -4.83. The molecule has 7 nitrogen and oxygen atoms in total. The Bertz CT molecular complexity index is 1200.